The van der Waals surface area contributed by atoms with E-state index in [9.17, 15) is 9.18 Å². The molecule has 0 unspecified atom stereocenters. The van der Waals surface area contributed by atoms with E-state index < -0.39 is 11.8 Å². The van der Waals surface area contributed by atoms with Crippen molar-refractivity contribution in [2.24, 2.45) is 0 Å². The van der Waals surface area contributed by atoms with Gasteiger partial charge in [0.25, 0.3) is 0 Å². The van der Waals surface area contributed by atoms with Crippen LogP contribution in [0.1, 0.15) is 22.3 Å². The fraction of sp³-hybridized carbons (Fsp3) is 0.0909. The second kappa shape index (κ2) is 4.78. The summed E-state index contributed by atoms with van der Waals surface area (Å²) in [6.45, 7) is 0. The van der Waals surface area contributed by atoms with E-state index in [1.807, 2.05) is 0 Å². The van der Waals surface area contributed by atoms with Crippen molar-refractivity contribution in [2.75, 3.05) is 0 Å². The van der Waals surface area contributed by atoms with Gasteiger partial charge >= 0.3 is 5.97 Å². The van der Waals surface area contributed by atoms with Gasteiger partial charge in [0, 0.05) is 0 Å². The SMILES string of the molecule is N#CCC#Cc1ccc(C(=O)O)cc1F. The number of benzene rings is 1. The van der Waals surface area contributed by atoms with Crippen LogP contribution in [-0.2, 0) is 0 Å². The third-order valence-corrected chi connectivity index (χ3v) is 1.61. The van der Waals surface area contributed by atoms with Crippen molar-refractivity contribution >= 4 is 5.97 Å². The van der Waals surface area contributed by atoms with Gasteiger partial charge in [0.2, 0.25) is 0 Å². The molecule has 15 heavy (non-hydrogen) atoms. The zero-order valence-electron chi connectivity index (χ0n) is 7.62. The first-order chi connectivity index (χ1) is 7.15. The van der Waals surface area contributed by atoms with Crippen LogP contribution in [0.15, 0.2) is 18.2 Å². The lowest BCUT2D eigenvalue weighted by molar-refractivity contribution is 0.0696. The molecule has 0 heterocycles. The fourth-order valence-electron chi connectivity index (χ4n) is 0.928. The van der Waals surface area contributed by atoms with Crippen molar-refractivity contribution in [3.63, 3.8) is 0 Å². The molecule has 1 aromatic carbocycles. The van der Waals surface area contributed by atoms with Gasteiger partial charge in [-0.15, -0.1) is 0 Å². The summed E-state index contributed by atoms with van der Waals surface area (Å²) in [4.78, 5) is 10.5. The van der Waals surface area contributed by atoms with Crippen molar-refractivity contribution in [2.45, 2.75) is 6.42 Å². The van der Waals surface area contributed by atoms with Gasteiger partial charge in [-0.3, -0.25) is 0 Å². The number of hydrogen-bond acceptors (Lipinski definition) is 2. The van der Waals surface area contributed by atoms with Crippen molar-refractivity contribution in [3.05, 3.63) is 35.1 Å². The molecule has 1 rings (SSSR count). The third-order valence-electron chi connectivity index (χ3n) is 1.61. The monoisotopic (exact) mass is 203 g/mol. The zero-order valence-corrected chi connectivity index (χ0v) is 7.62. The van der Waals surface area contributed by atoms with Crippen molar-refractivity contribution in [3.8, 4) is 17.9 Å². The Labute approximate surface area is 85.8 Å². The molecule has 1 aromatic rings. The minimum absolute atomic E-state index is 0.0140. The van der Waals surface area contributed by atoms with E-state index in [1.165, 1.54) is 12.1 Å². The number of aromatic carboxylic acids is 1. The molecular weight excluding hydrogens is 197 g/mol. The van der Waals surface area contributed by atoms with E-state index in [0.29, 0.717) is 0 Å². The molecule has 0 aliphatic heterocycles. The molecular formula is C11H6FNO2. The molecule has 0 aromatic heterocycles. The van der Waals surface area contributed by atoms with Gasteiger partial charge in [0.05, 0.1) is 23.6 Å². The van der Waals surface area contributed by atoms with E-state index >= 15 is 0 Å². The fourth-order valence-corrected chi connectivity index (χ4v) is 0.928. The number of nitrogens with zero attached hydrogens (tertiary/aromatic N) is 1. The number of carboxylic acid groups (broad SMARTS) is 1. The summed E-state index contributed by atoms with van der Waals surface area (Å²) in [7, 11) is 0. The van der Waals surface area contributed by atoms with Crippen LogP contribution in [0.3, 0.4) is 0 Å². The van der Waals surface area contributed by atoms with Crippen LogP contribution in [-0.4, -0.2) is 11.1 Å². The lowest BCUT2D eigenvalue weighted by atomic mass is 10.1. The molecule has 4 heteroatoms. The molecule has 0 spiro atoms. The zero-order chi connectivity index (χ0) is 11.3. The van der Waals surface area contributed by atoms with E-state index in [-0.39, 0.29) is 17.5 Å². The number of halogens is 1. The maximum absolute atomic E-state index is 13.2. The standard InChI is InChI=1S/C11H6FNO2/c12-10-7-9(11(14)15)5-4-8(10)3-1-2-6-13/h4-5,7H,2H2,(H,14,15). The molecule has 1 N–H and O–H groups in total. The summed E-state index contributed by atoms with van der Waals surface area (Å²) < 4.78 is 13.2. The first-order valence-electron chi connectivity index (χ1n) is 4.04. The molecule has 0 aliphatic carbocycles. The lowest BCUT2D eigenvalue weighted by Gasteiger charge is -1.96. The Morgan fingerprint density at radius 2 is 2.27 bits per heavy atom. The number of nitriles is 1. The van der Waals surface area contributed by atoms with Crippen LogP contribution >= 0.6 is 0 Å². The Morgan fingerprint density at radius 3 is 2.80 bits per heavy atom. The number of hydrogen-bond donors (Lipinski definition) is 1. The average Bonchev–Trinajstić information content (AvgIpc) is 2.20. The van der Waals surface area contributed by atoms with Crippen molar-refractivity contribution < 1.29 is 14.3 Å². The van der Waals surface area contributed by atoms with E-state index in [4.69, 9.17) is 10.4 Å². The number of carbonyl (C=O) groups is 1. The molecule has 3 nitrogen and oxygen atoms in total. The smallest absolute Gasteiger partial charge is 0.335 e. The van der Waals surface area contributed by atoms with Crippen LogP contribution in [0, 0.1) is 29.0 Å². The largest absolute Gasteiger partial charge is 0.478 e. The summed E-state index contributed by atoms with van der Waals surface area (Å²) in [6.07, 6.45) is 0.0140. The first kappa shape index (κ1) is 10.7. The Balaban J connectivity index is 3.01. The molecule has 0 saturated carbocycles. The van der Waals surface area contributed by atoms with Gasteiger partial charge in [-0.2, -0.15) is 5.26 Å². The normalized spacial score (nSPS) is 8.53. The maximum atomic E-state index is 13.2. The van der Waals surface area contributed by atoms with Crippen LogP contribution in [0.25, 0.3) is 0 Å². The van der Waals surface area contributed by atoms with Gasteiger partial charge < -0.3 is 5.11 Å². The molecule has 0 aliphatic rings. The van der Waals surface area contributed by atoms with E-state index in [0.717, 1.165) is 6.07 Å². The highest BCUT2D eigenvalue weighted by Gasteiger charge is 2.06. The summed E-state index contributed by atoms with van der Waals surface area (Å²) in [5.41, 5.74) is -0.0337. The molecule has 74 valence electrons. The first-order valence-corrected chi connectivity index (χ1v) is 4.04. The van der Waals surface area contributed by atoms with Crippen molar-refractivity contribution in [1.29, 1.82) is 5.26 Å². The molecule has 0 fully saturated rings. The van der Waals surface area contributed by atoms with Gasteiger partial charge in [-0.1, -0.05) is 11.8 Å². The summed E-state index contributed by atoms with van der Waals surface area (Å²) in [6, 6.07) is 5.24. The molecule has 0 atom stereocenters. The Bertz CT molecular complexity index is 492. The van der Waals surface area contributed by atoms with Crippen LogP contribution in [0.2, 0.25) is 0 Å². The Morgan fingerprint density at radius 1 is 1.53 bits per heavy atom. The highest BCUT2D eigenvalue weighted by Crippen LogP contribution is 2.09. The third kappa shape index (κ3) is 2.82. The predicted octanol–water partition coefficient (Wildman–Crippen LogP) is 1.79. The highest BCUT2D eigenvalue weighted by molar-refractivity contribution is 5.87. The quantitative estimate of drug-likeness (QED) is 0.708. The van der Waals surface area contributed by atoms with E-state index in [1.54, 1.807) is 6.07 Å². The van der Waals surface area contributed by atoms with E-state index in [2.05, 4.69) is 11.8 Å². The molecule has 0 saturated heterocycles. The topological polar surface area (TPSA) is 61.1 Å². The predicted molar refractivity (Wildman–Crippen MR) is 50.5 cm³/mol. The minimum Gasteiger partial charge on any atom is -0.478 e. The molecule has 0 radical (unpaired) electrons. The van der Waals surface area contributed by atoms with Gasteiger partial charge in [0.15, 0.2) is 0 Å². The highest BCUT2D eigenvalue weighted by atomic mass is 19.1. The minimum atomic E-state index is -1.19. The Kier molecular flexibility index (Phi) is 3.43. The van der Waals surface area contributed by atoms with Gasteiger partial charge in [-0.05, 0) is 18.2 Å². The molecule has 0 amide bonds. The summed E-state index contributed by atoms with van der Waals surface area (Å²) >= 11 is 0. The summed E-state index contributed by atoms with van der Waals surface area (Å²) in [5, 5.41) is 16.8. The Hall–Kier alpha value is -2.33. The van der Waals surface area contributed by atoms with Gasteiger partial charge in [0.1, 0.15) is 5.82 Å². The van der Waals surface area contributed by atoms with Gasteiger partial charge in [-0.25, -0.2) is 9.18 Å². The second-order valence-corrected chi connectivity index (χ2v) is 2.64. The number of carboxylic acids is 1. The van der Waals surface area contributed by atoms with Crippen LogP contribution < -0.4 is 0 Å². The second-order valence-electron chi connectivity index (χ2n) is 2.64. The maximum Gasteiger partial charge on any atom is 0.335 e. The lowest BCUT2D eigenvalue weighted by Crippen LogP contribution is -1.97. The van der Waals surface area contributed by atoms with Crippen molar-refractivity contribution in [1.82, 2.24) is 0 Å². The summed E-state index contributed by atoms with van der Waals surface area (Å²) in [5.74, 6) is 3.00. The van der Waals surface area contributed by atoms with Crippen LogP contribution in [0.4, 0.5) is 4.39 Å². The number of rotatable bonds is 1. The average molecular weight is 203 g/mol. The molecule has 0 bridgehead atoms. The van der Waals surface area contributed by atoms with Crippen LogP contribution in [0.5, 0.6) is 0 Å².